The van der Waals surface area contributed by atoms with Gasteiger partial charge in [0.15, 0.2) is 6.23 Å². The summed E-state index contributed by atoms with van der Waals surface area (Å²) in [6, 6.07) is 10.0. The summed E-state index contributed by atoms with van der Waals surface area (Å²) in [7, 11) is 0. The Morgan fingerprint density at radius 1 is 1.12 bits per heavy atom. The maximum atomic E-state index is 6.44. The van der Waals surface area contributed by atoms with E-state index in [0.29, 0.717) is 5.92 Å². The van der Waals surface area contributed by atoms with Crippen LogP contribution in [0.1, 0.15) is 55.9 Å². The fraction of sp³-hybridized carbons (Fsp3) is 0.450. The monoisotopic (exact) mass is 356 g/mol. The molecule has 0 spiro atoms. The highest BCUT2D eigenvalue weighted by Crippen LogP contribution is 2.47. The van der Waals surface area contributed by atoms with E-state index in [1.807, 2.05) is 30.3 Å². The molecule has 1 aliphatic carbocycles. The molecule has 1 fully saturated rings. The van der Waals surface area contributed by atoms with E-state index in [9.17, 15) is 0 Å². The van der Waals surface area contributed by atoms with E-state index in [4.69, 9.17) is 25.9 Å². The van der Waals surface area contributed by atoms with Crippen LogP contribution in [0, 0.1) is 5.92 Å². The quantitative estimate of drug-likeness (QED) is 0.724. The second-order valence-electron chi connectivity index (χ2n) is 7.21. The minimum atomic E-state index is 0.00596. The van der Waals surface area contributed by atoms with E-state index >= 15 is 0 Å². The number of ether oxygens (including phenoxy) is 1. The van der Waals surface area contributed by atoms with Crippen molar-refractivity contribution >= 4 is 17.3 Å². The summed E-state index contributed by atoms with van der Waals surface area (Å²) < 4.78 is 12.0. The first-order chi connectivity index (χ1) is 12.3. The largest absolute Gasteiger partial charge is 0.468 e. The first-order valence-corrected chi connectivity index (χ1v) is 9.53. The summed E-state index contributed by atoms with van der Waals surface area (Å²) in [6.45, 7) is 0. The Balaban J connectivity index is 1.55. The van der Waals surface area contributed by atoms with Gasteiger partial charge in [0.2, 0.25) is 0 Å². The van der Waals surface area contributed by atoms with Crippen molar-refractivity contribution in [1.29, 1.82) is 0 Å². The molecular formula is C20H21ClN2O2. The highest BCUT2D eigenvalue weighted by molar-refractivity contribution is 6.30. The van der Waals surface area contributed by atoms with Gasteiger partial charge >= 0.3 is 0 Å². The first kappa shape index (κ1) is 15.3. The van der Waals surface area contributed by atoms with Crippen LogP contribution in [-0.2, 0) is 0 Å². The lowest BCUT2D eigenvalue weighted by Gasteiger charge is -2.42. The van der Waals surface area contributed by atoms with Gasteiger partial charge in [0, 0.05) is 22.9 Å². The molecule has 0 radical (unpaired) electrons. The second-order valence-corrected chi connectivity index (χ2v) is 7.65. The molecule has 2 aliphatic heterocycles. The van der Waals surface area contributed by atoms with Crippen LogP contribution in [0.15, 0.2) is 46.1 Å². The Morgan fingerprint density at radius 3 is 2.80 bits per heavy atom. The highest BCUT2D eigenvalue weighted by Gasteiger charge is 2.44. The van der Waals surface area contributed by atoms with Gasteiger partial charge in [-0.3, -0.25) is 0 Å². The van der Waals surface area contributed by atoms with Crippen molar-refractivity contribution in [1.82, 2.24) is 5.01 Å². The maximum absolute atomic E-state index is 6.44. The minimum Gasteiger partial charge on any atom is -0.468 e. The zero-order valence-corrected chi connectivity index (χ0v) is 14.8. The van der Waals surface area contributed by atoms with Gasteiger partial charge < -0.3 is 9.15 Å². The van der Waals surface area contributed by atoms with E-state index in [1.54, 1.807) is 6.26 Å². The summed E-state index contributed by atoms with van der Waals surface area (Å²) in [5.74, 6) is 2.33. The Hall–Kier alpha value is -1.94. The maximum Gasteiger partial charge on any atom is 0.190 e. The van der Waals surface area contributed by atoms with Crippen LogP contribution in [-0.4, -0.2) is 16.9 Å². The zero-order chi connectivity index (χ0) is 16.8. The van der Waals surface area contributed by atoms with Gasteiger partial charge in [0.25, 0.3) is 0 Å². The number of furan rings is 1. The summed E-state index contributed by atoms with van der Waals surface area (Å²) >= 11 is 6.26. The first-order valence-electron chi connectivity index (χ1n) is 9.15. The van der Waals surface area contributed by atoms with Crippen molar-refractivity contribution in [3.63, 3.8) is 0 Å². The van der Waals surface area contributed by atoms with Crippen LogP contribution in [0.25, 0.3) is 0 Å². The summed E-state index contributed by atoms with van der Waals surface area (Å²) in [4.78, 5) is 0. The number of halogens is 1. The Kier molecular flexibility index (Phi) is 3.74. The minimum absolute atomic E-state index is 0.00596. The molecule has 1 saturated carbocycles. The number of hydrogen-bond donors (Lipinski definition) is 0. The lowest BCUT2D eigenvalue weighted by molar-refractivity contribution is -0.0643. The summed E-state index contributed by atoms with van der Waals surface area (Å²) in [5.41, 5.74) is 2.12. The molecule has 2 aromatic rings. The summed E-state index contributed by atoms with van der Waals surface area (Å²) in [6.07, 6.45) is 8.86. The fourth-order valence-corrected chi connectivity index (χ4v) is 4.59. The van der Waals surface area contributed by atoms with Crippen molar-refractivity contribution in [2.75, 3.05) is 0 Å². The van der Waals surface area contributed by atoms with Gasteiger partial charge in [-0.25, -0.2) is 5.01 Å². The molecule has 1 aromatic heterocycles. The number of rotatable bonds is 2. The number of benzene rings is 1. The lowest BCUT2D eigenvalue weighted by atomic mass is 9.86. The third-order valence-electron chi connectivity index (χ3n) is 5.64. The predicted octanol–water partition coefficient (Wildman–Crippen LogP) is 5.38. The molecule has 5 heteroatoms. The van der Waals surface area contributed by atoms with Gasteiger partial charge in [-0.15, -0.1) is 0 Å². The lowest BCUT2D eigenvalue weighted by Crippen LogP contribution is -2.45. The molecule has 0 bridgehead atoms. The van der Waals surface area contributed by atoms with Crippen LogP contribution in [0.2, 0.25) is 5.02 Å². The smallest absolute Gasteiger partial charge is 0.190 e. The van der Waals surface area contributed by atoms with Crippen molar-refractivity contribution in [2.45, 2.75) is 50.8 Å². The number of fused-ring (bicyclic) bond motifs is 3. The van der Waals surface area contributed by atoms with E-state index in [0.717, 1.165) is 34.2 Å². The standard InChI is InChI=1S/C20H21ClN2O2/c21-14-8-9-18-15(11-14)17-12-16(19-7-4-10-24-19)22-23(17)20(25-18)13-5-2-1-3-6-13/h4,7-11,13,17,20H,1-3,5-6,12H2/t17-,20-/m1/s1. The zero-order valence-electron chi connectivity index (χ0n) is 14.0. The number of nitrogens with zero attached hydrogens (tertiary/aromatic N) is 2. The van der Waals surface area contributed by atoms with E-state index in [-0.39, 0.29) is 12.3 Å². The Labute approximate surface area is 152 Å². The van der Waals surface area contributed by atoms with Crippen LogP contribution in [0.5, 0.6) is 5.75 Å². The molecule has 3 heterocycles. The SMILES string of the molecule is Clc1ccc2c(c1)[C@H]1CC(c3ccco3)=NN1[C@@H](C1CCCCC1)O2. The van der Waals surface area contributed by atoms with Crippen LogP contribution >= 0.6 is 11.6 Å². The van der Waals surface area contributed by atoms with Gasteiger partial charge in [-0.05, 0) is 43.2 Å². The molecule has 25 heavy (non-hydrogen) atoms. The fourth-order valence-electron chi connectivity index (χ4n) is 4.41. The van der Waals surface area contributed by atoms with Crippen LogP contribution < -0.4 is 4.74 Å². The molecule has 0 unspecified atom stereocenters. The van der Waals surface area contributed by atoms with Crippen molar-refractivity contribution in [3.8, 4) is 5.75 Å². The summed E-state index contributed by atoms with van der Waals surface area (Å²) in [5, 5.41) is 7.84. The van der Waals surface area contributed by atoms with Gasteiger partial charge in [0.1, 0.15) is 17.2 Å². The van der Waals surface area contributed by atoms with Gasteiger partial charge in [0.05, 0.1) is 12.3 Å². The van der Waals surface area contributed by atoms with Gasteiger partial charge in [-0.1, -0.05) is 30.9 Å². The van der Waals surface area contributed by atoms with Gasteiger partial charge in [-0.2, -0.15) is 5.10 Å². The Morgan fingerprint density at radius 2 is 2.00 bits per heavy atom. The molecule has 0 amide bonds. The van der Waals surface area contributed by atoms with Crippen LogP contribution in [0.3, 0.4) is 0 Å². The molecule has 4 nitrogen and oxygen atoms in total. The average molecular weight is 357 g/mol. The van der Waals surface area contributed by atoms with E-state index < -0.39 is 0 Å². The van der Waals surface area contributed by atoms with E-state index in [2.05, 4.69) is 5.01 Å². The topological polar surface area (TPSA) is 38.0 Å². The van der Waals surface area contributed by atoms with Crippen LogP contribution in [0.4, 0.5) is 0 Å². The molecule has 0 saturated heterocycles. The molecule has 2 atom stereocenters. The molecule has 5 rings (SSSR count). The molecular weight excluding hydrogens is 336 g/mol. The average Bonchev–Trinajstić information content (AvgIpc) is 3.31. The van der Waals surface area contributed by atoms with Crippen molar-refractivity contribution in [3.05, 3.63) is 52.9 Å². The van der Waals surface area contributed by atoms with Crippen molar-refractivity contribution in [2.24, 2.45) is 11.0 Å². The Bertz CT molecular complexity index is 796. The van der Waals surface area contributed by atoms with Crippen molar-refractivity contribution < 1.29 is 9.15 Å². The normalized spacial score (nSPS) is 26.0. The third-order valence-corrected chi connectivity index (χ3v) is 5.88. The molecule has 3 aliphatic rings. The highest BCUT2D eigenvalue weighted by atomic mass is 35.5. The third kappa shape index (κ3) is 2.63. The number of hydrogen-bond acceptors (Lipinski definition) is 4. The molecule has 1 aromatic carbocycles. The van der Waals surface area contributed by atoms with E-state index in [1.165, 1.54) is 32.1 Å². The second kappa shape index (κ2) is 6.10. The molecule has 130 valence electrons. The number of hydrazone groups is 1. The molecule has 0 N–H and O–H groups in total. The predicted molar refractivity (Wildman–Crippen MR) is 96.9 cm³/mol.